The van der Waals surface area contributed by atoms with E-state index >= 15 is 0 Å². The summed E-state index contributed by atoms with van der Waals surface area (Å²) in [6, 6.07) is 14.1. The molecule has 33 heavy (non-hydrogen) atoms. The van der Waals surface area contributed by atoms with Gasteiger partial charge in [0, 0.05) is 22.8 Å². The molecular weight excluding hydrogens is 469 g/mol. The Kier molecular flexibility index (Phi) is 5.70. The first kappa shape index (κ1) is 22.0. The third-order valence-corrected chi connectivity index (χ3v) is 6.65. The Morgan fingerprint density at radius 2 is 1.82 bits per heavy atom. The van der Waals surface area contributed by atoms with Gasteiger partial charge in [-0.15, -0.1) is 11.6 Å². The van der Waals surface area contributed by atoms with Crippen molar-refractivity contribution in [2.75, 3.05) is 6.54 Å². The largest absolute Gasteiger partial charge is 0.432 e. The van der Waals surface area contributed by atoms with E-state index in [9.17, 15) is 13.2 Å². The molecule has 0 saturated carbocycles. The van der Waals surface area contributed by atoms with E-state index in [4.69, 9.17) is 28.6 Å². The fourth-order valence-corrected chi connectivity index (χ4v) is 5.00. The SMILES string of the molecule is FC(F)(F)c1ccc(C2c3[nH]c4c(c3CCN2C(=S)Oc2ccccc2)=CC(Cl)CC=4)cc1. The number of aromatic amines is 1. The van der Waals surface area contributed by atoms with Crippen molar-refractivity contribution in [2.24, 2.45) is 0 Å². The molecule has 1 aliphatic heterocycles. The van der Waals surface area contributed by atoms with E-state index in [2.05, 4.69) is 11.1 Å². The highest BCUT2D eigenvalue weighted by Gasteiger charge is 2.35. The lowest BCUT2D eigenvalue weighted by Crippen LogP contribution is -2.43. The maximum atomic E-state index is 13.2. The van der Waals surface area contributed by atoms with E-state index in [1.54, 1.807) is 0 Å². The molecule has 0 radical (unpaired) electrons. The molecule has 2 aliphatic rings. The van der Waals surface area contributed by atoms with Crippen molar-refractivity contribution in [3.8, 4) is 5.75 Å². The number of benzene rings is 2. The zero-order valence-corrected chi connectivity index (χ0v) is 19.0. The van der Waals surface area contributed by atoms with Crippen LogP contribution in [-0.2, 0) is 12.6 Å². The minimum Gasteiger partial charge on any atom is -0.432 e. The number of rotatable bonds is 2. The van der Waals surface area contributed by atoms with Crippen molar-refractivity contribution < 1.29 is 17.9 Å². The second kappa shape index (κ2) is 8.54. The van der Waals surface area contributed by atoms with E-state index in [0.717, 1.165) is 40.4 Å². The standard InChI is InChI=1S/C25H20ClF3N2OS/c26-17-10-11-21-20(14-17)19-12-13-31(24(33)32-18-4-2-1-3-5-18)23(22(19)30-21)15-6-8-16(9-7-15)25(27,28)29/h1-9,11,14,17,23,30H,10,12-13H2. The van der Waals surface area contributed by atoms with Crippen molar-refractivity contribution in [2.45, 2.75) is 30.4 Å². The summed E-state index contributed by atoms with van der Waals surface area (Å²) in [5.41, 5.74) is 2.04. The Bertz CT molecular complexity index is 1300. The summed E-state index contributed by atoms with van der Waals surface area (Å²) in [7, 11) is 0. The summed E-state index contributed by atoms with van der Waals surface area (Å²) in [5.74, 6) is 0.608. The van der Waals surface area contributed by atoms with Crippen molar-refractivity contribution >= 4 is 41.1 Å². The normalized spacial score (nSPS) is 19.7. The minimum atomic E-state index is -4.40. The summed E-state index contributed by atoms with van der Waals surface area (Å²) in [5, 5.41) is 2.25. The lowest BCUT2D eigenvalue weighted by molar-refractivity contribution is -0.137. The molecule has 0 fully saturated rings. The fraction of sp³-hybridized carbons (Fsp3) is 0.240. The maximum absolute atomic E-state index is 13.2. The Labute approximate surface area is 199 Å². The maximum Gasteiger partial charge on any atom is 0.416 e. The topological polar surface area (TPSA) is 28.3 Å². The number of hydrogen-bond donors (Lipinski definition) is 1. The first-order valence-corrected chi connectivity index (χ1v) is 11.4. The smallest absolute Gasteiger partial charge is 0.416 e. The number of nitrogens with zero attached hydrogens (tertiary/aromatic N) is 1. The van der Waals surface area contributed by atoms with E-state index in [1.165, 1.54) is 12.1 Å². The molecule has 1 N–H and O–H groups in total. The number of H-pyrrole nitrogens is 1. The zero-order chi connectivity index (χ0) is 23.2. The second-order valence-corrected chi connectivity index (χ2v) is 9.02. The van der Waals surface area contributed by atoms with Crippen LogP contribution in [0.4, 0.5) is 13.2 Å². The number of halogens is 4. The molecule has 3 aromatic rings. The van der Waals surface area contributed by atoms with E-state index < -0.39 is 17.8 Å². The summed E-state index contributed by atoms with van der Waals surface area (Å²) < 4.78 is 45.4. The van der Waals surface area contributed by atoms with Gasteiger partial charge in [-0.3, -0.25) is 0 Å². The number of aromatic nitrogens is 1. The number of hydrogen-bond acceptors (Lipinski definition) is 2. The van der Waals surface area contributed by atoms with E-state index in [1.807, 2.05) is 41.3 Å². The summed E-state index contributed by atoms with van der Waals surface area (Å²) in [6.45, 7) is 0.565. The van der Waals surface area contributed by atoms with Gasteiger partial charge >= 0.3 is 6.18 Å². The zero-order valence-electron chi connectivity index (χ0n) is 17.4. The van der Waals surface area contributed by atoms with Crippen LogP contribution in [0.25, 0.3) is 12.2 Å². The first-order chi connectivity index (χ1) is 15.8. The van der Waals surface area contributed by atoms with Gasteiger partial charge in [0.25, 0.3) is 5.17 Å². The van der Waals surface area contributed by atoms with Gasteiger partial charge in [-0.1, -0.05) is 42.5 Å². The van der Waals surface area contributed by atoms with Gasteiger partial charge in [0.1, 0.15) is 5.75 Å². The number of nitrogens with one attached hydrogen (secondary N) is 1. The molecule has 5 rings (SSSR count). The number of thiocarbonyl (C=S) groups is 1. The van der Waals surface area contributed by atoms with Crippen molar-refractivity contribution in [3.05, 3.63) is 87.5 Å². The predicted octanol–water partition coefficient (Wildman–Crippen LogP) is 4.92. The van der Waals surface area contributed by atoms with Crippen LogP contribution in [0.1, 0.15) is 34.8 Å². The van der Waals surface area contributed by atoms with Crippen LogP contribution in [0.15, 0.2) is 54.6 Å². The van der Waals surface area contributed by atoms with Crippen molar-refractivity contribution in [1.29, 1.82) is 0 Å². The van der Waals surface area contributed by atoms with Crippen LogP contribution in [0.5, 0.6) is 5.75 Å². The molecule has 2 atom stereocenters. The quantitative estimate of drug-likeness (QED) is 0.410. The Morgan fingerprint density at radius 1 is 1.09 bits per heavy atom. The third kappa shape index (κ3) is 4.27. The number of para-hydroxylation sites is 1. The van der Waals surface area contributed by atoms with Crippen LogP contribution in [-0.4, -0.2) is 27.0 Å². The van der Waals surface area contributed by atoms with Crippen LogP contribution < -0.4 is 15.3 Å². The first-order valence-electron chi connectivity index (χ1n) is 10.6. The summed E-state index contributed by atoms with van der Waals surface area (Å²) in [4.78, 5) is 5.42. The molecule has 1 aromatic heterocycles. The van der Waals surface area contributed by atoms with Crippen molar-refractivity contribution in [3.63, 3.8) is 0 Å². The van der Waals surface area contributed by atoms with Gasteiger partial charge in [0.2, 0.25) is 0 Å². The minimum absolute atomic E-state index is 0.0811. The van der Waals surface area contributed by atoms with Crippen LogP contribution in [0.3, 0.4) is 0 Å². The van der Waals surface area contributed by atoms with Gasteiger partial charge in [-0.05, 0) is 60.5 Å². The molecule has 2 aromatic carbocycles. The van der Waals surface area contributed by atoms with E-state index in [0.29, 0.717) is 24.3 Å². The van der Waals surface area contributed by atoms with Gasteiger partial charge < -0.3 is 14.6 Å². The molecule has 3 nitrogen and oxygen atoms in total. The van der Waals surface area contributed by atoms with Crippen LogP contribution >= 0.6 is 23.8 Å². The van der Waals surface area contributed by atoms with Crippen LogP contribution in [0, 0.1) is 0 Å². The monoisotopic (exact) mass is 488 g/mol. The highest BCUT2D eigenvalue weighted by atomic mass is 35.5. The molecule has 1 aliphatic carbocycles. The lowest BCUT2D eigenvalue weighted by Gasteiger charge is -2.37. The predicted molar refractivity (Wildman–Crippen MR) is 127 cm³/mol. The Hall–Kier alpha value is -2.77. The summed E-state index contributed by atoms with van der Waals surface area (Å²) >= 11 is 12.0. The van der Waals surface area contributed by atoms with E-state index in [-0.39, 0.29) is 10.6 Å². The highest BCUT2D eigenvalue weighted by molar-refractivity contribution is 7.80. The average molecular weight is 489 g/mol. The molecule has 2 heterocycles. The number of alkyl halides is 4. The molecule has 0 amide bonds. The average Bonchev–Trinajstić information content (AvgIpc) is 3.16. The van der Waals surface area contributed by atoms with Gasteiger partial charge in [0.15, 0.2) is 0 Å². The third-order valence-electron chi connectivity index (χ3n) is 6.03. The second-order valence-electron chi connectivity index (χ2n) is 8.11. The molecule has 170 valence electrons. The molecule has 0 saturated heterocycles. The van der Waals surface area contributed by atoms with Gasteiger partial charge in [-0.25, -0.2) is 0 Å². The molecule has 2 unspecified atom stereocenters. The molecule has 0 spiro atoms. The Balaban J connectivity index is 1.59. The lowest BCUT2D eigenvalue weighted by atomic mass is 9.92. The number of fused-ring (bicyclic) bond motifs is 3. The molecule has 8 heteroatoms. The van der Waals surface area contributed by atoms with Gasteiger partial charge in [-0.2, -0.15) is 13.2 Å². The van der Waals surface area contributed by atoms with Gasteiger partial charge in [0.05, 0.1) is 17.0 Å². The summed E-state index contributed by atoms with van der Waals surface area (Å²) in [6.07, 6.45) is 1.15. The van der Waals surface area contributed by atoms with Crippen LogP contribution in [0.2, 0.25) is 0 Å². The Morgan fingerprint density at radius 3 is 2.52 bits per heavy atom. The molecular formula is C25H20ClF3N2OS. The highest BCUT2D eigenvalue weighted by Crippen LogP contribution is 2.36. The fourth-order valence-electron chi connectivity index (χ4n) is 4.49. The molecule has 0 bridgehead atoms. The number of ether oxygens (including phenoxy) is 1. The van der Waals surface area contributed by atoms with Crippen molar-refractivity contribution in [1.82, 2.24) is 9.88 Å².